The second-order valence-electron chi connectivity index (χ2n) is 12.1. The summed E-state index contributed by atoms with van der Waals surface area (Å²) >= 11 is 3.60. The minimum absolute atomic E-state index is 0.119. The Hall–Kier alpha value is -4.87. The maximum atomic E-state index is 15.9. The lowest BCUT2D eigenvalue weighted by Crippen LogP contribution is -2.45. The van der Waals surface area contributed by atoms with Gasteiger partial charge in [0.15, 0.2) is 5.78 Å². The van der Waals surface area contributed by atoms with Crippen molar-refractivity contribution in [2.75, 3.05) is 4.90 Å². The molecule has 5 aromatic carbocycles. The highest BCUT2D eigenvalue weighted by atomic mass is 79.9. The molecule has 5 aromatic rings. The summed E-state index contributed by atoms with van der Waals surface area (Å²) in [7, 11) is 0. The number of Topliss-reactive ketones (excluding diaryl/α,β-unsaturated/α-hetero) is 1. The van der Waals surface area contributed by atoms with Crippen LogP contribution in [0.25, 0.3) is 11.1 Å². The summed E-state index contributed by atoms with van der Waals surface area (Å²) in [5.74, 6) is -2.70. The molecule has 1 heterocycles. The predicted octanol–water partition coefficient (Wildman–Crippen LogP) is 7.95. The Bertz CT molecular complexity index is 1920. The Morgan fingerprint density at radius 2 is 0.956 bits per heavy atom. The van der Waals surface area contributed by atoms with E-state index in [0.29, 0.717) is 5.69 Å². The number of carbonyl (C=O) groups excluding carboxylic acids is 3. The third-order valence-corrected chi connectivity index (χ3v) is 10.8. The minimum atomic E-state index is -1.41. The van der Waals surface area contributed by atoms with E-state index in [1.165, 1.54) is 4.90 Å². The third kappa shape index (κ3) is 3.50. The molecule has 0 unspecified atom stereocenters. The molecule has 3 aliphatic rings. The number of fused-ring (bicyclic) bond motifs is 5. The molecule has 0 aromatic heterocycles. The van der Waals surface area contributed by atoms with Crippen LogP contribution < -0.4 is 4.90 Å². The highest BCUT2D eigenvalue weighted by Gasteiger charge is 2.82. The molecule has 45 heavy (non-hydrogen) atoms. The molecule has 5 heteroatoms. The van der Waals surface area contributed by atoms with E-state index in [0.717, 1.165) is 43.4 Å². The quantitative estimate of drug-likeness (QED) is 0.182. The lowest BCUT2D eigenvalue weighted by molar-refractivity contribution is -0.130. The van der Waals surface area contributed by atoms with Gasteiger partial charge in [0, 0.05) is 4.47 Å². The van der Waals surface area contributed by atoms with Crippen LogP contribution in [-0.2, 0) is 25.2 Å². The smallest absolute Gasteiger partial charge is 0.239 e. The van der Waals surface area contributed by atoms with Gasteiger partial charge in [-0.15, -0.1) is 0 Å². The average Bonchev–Trinajstić information content (AvgIpc) is 3.59. The summed E-state index contributed by atoms with van der Waals surface area (Å²) in [6, 6.07) is 44.6. The average molecular weight is 651 g/mol. The first kappa shape index (κ1) is 27.7. The maximum absolute atomic E-state index is 15.9. The highest BCUT2D eigenvalue weighted by Crippen LogP contribution is 2.74. The third-order valence-electron chi connectivity index (χ3n) is 9.99. The number of hydrogen-bond donors (Lipinski definition) is 0. The maximum Gasteiger partial charge on any atom is 0.239 e. The highest BCUT2D eigenvalue weighted by molar-refractivity contribution is 9.10. The number of nitrogens with zero attached hydrogens (tertiary/aromatic N) is 1. The first-order chi connectivity index (χ1) is 21.9. The molecular weight excluding hydrogens is 622 g/mol. The molecule has 0 radical (unpaired) electrons. The van der Waals surface area contributed by atoms with Crippen molar-refractivity contribution in [3.05, 3.63) is 172 Å². The topological polar surface area (TPSA) is 54.5 Å². The van der Waals surface area contributed by atoms with Gasteiger partial charge in [-0.2, -0.15) is 0 Å². The number of rotatable bonds is 5. The number of anilines is 1. The normalized spacial score (nSPS) is 25.3. The van der Waals surface area contributed by atoms with E-state index < -0.39 is 22.7 Å². The summed E-state index contributed by atoms with van der Waals surface area (Å²) < 4.78 is 0.806. The lowest BCUT2D eigenvalue weighted by atomic mass is 9.59. The van der Waals surface area contributed by atoms with Crippen LogP contribution in [-0.4, -0.2) is 17.6 Å². The van der Waals surface area contributed by atoms with Crippen LogP contribution in [0.4, 0.5) is 5.69 Å². The molecule has 1 aliphatic heterocycles. The van der Waals surface area contributed by atoms with Crippen molar-refractivity contribution in [3.8, 4) is 0 Å². The second kappa shape index (κ2) is 10.1. The van der Waals surface area contributed by atoms with Gasteiger partial charge in [0.2, 0.25) is 11.8 Å². The Kier molecular flexibility index (Phi) is 6.20. The number of allylic oxidation sites excluding steroid dienone is 2. The van der Waals surface area contributed by atoms with Gasteiger partial charge in [0.05, 0.1) is 28.4 Å². The van der Waals surface area contributed by atoms with Gasteiger partial charge in [-0.3, -0.25) is 14.4 Å². The van der Waals surface area contributed by atoms with Crippen molar-refractivity contribution in [1.82, 2.24) is 0 Å². The molecule has 2 amide bonds. The predicted molar refractivity (Wildman–Crippen MR) is 179 cm³/mol. The van der Waals surface area contributed by atoms with Gasteiger partial charge in [-0.25, -0.2) is 4.90 Å². The van der Waals surface area contributed by atoms with Crippen LogP contribution in [0.2, 0.25) is 0 Å². The summed E-state index contributed by atoms with van der Waals surface area (Å²) in [4.78, 5) is 47.2. The molecule has 218 valence electrons. The van der Waals surface area contributed by atoms with E-state index in [-0.39, 0.29) is 17.6 Å². The van der Waals surface area contributed by atoms with Crippen molar-refractivity contribution < 1.29 is 14.4 Å². The van der Waals surface area contributed by atoms with Crippen LogP contribution in [0, 0.1) is 18.8 Å². The van der Waals surface area contributed by atoms with Crippen molar-refractivity contribution in [2.24, 2.45) is 11.8 Å². The van der Waals surface area contributed by atoms with Gasteiger partial charge >= 0.3 is 0 Å². The first-order valence-corrected chi connectivity index (χ1v) is 15.9. The van der Waals surface area contributed by atoms with Crippen molar-refractivity contribution >= 4 is 50.4 Å². The van der Waals surface area contributed by atoms with Gasteiger partial charge < -0.3 is 0 Å². The molecule has 1 saturated heterocycles. The van der Waals surface area contributed by atoms with Gasteiger partial charge in [-0.05, 0) is 58.0 Å². The van der Waals surface area contributed by atoms with Gasteiger partial charge in [0.25, 0.3) is 0 Å². The monoisotopic (exact) mass is 649 g/mol. The van der Waals surface area contributed by atoms with Crippen LogP contribution in [0.15, 0.2) is 144 Å². The number of hydrogen-bond acceptors (Lipinski definition) is 3. The Morgan fingerprint density at radius 3 is 1.36 bits per heavy atom. The van der Waals surface area contributed by atoms with Crippen molar-refractivity contribution in [1.29, 1.82) is 0 Å². The number of imide groups is 1. The summed E-state index contributed by atoms with van der Waals surface area (Å²) in [5.41, 5.74) is 3.44. The van der Waals surface area contributed by atoms with Crippen LogP contribution in [0.5, 0.6) is 0 Å². The van der Waals surface area contributed by atoms with E-state index in [2.05, 4.69) is 15.9 Å². The molecule has 8 rings (SSSR count). The van der Waals surface area contributed by atoms with E-state index in [1.54, 1.807) is 0 Å². The fourth-order valence-corrected chi connectivity index (χ4v) is 8.68. The standard InChI is InChI=1S/C40H28BrNO3/c1-25-22-23-30(24-31(25)41)42-36(43)34-35(37(42)44)40(29-20-12-5-13-21-29)33(27-16-8-3-9-17-27)32(26-14-6-2-7-15-26)39(34,38(40)45)28-18-10-4-11-19-28/h2-24,34-35H,1H3/t34-,35-,39+,40+/m1/s1. The fraction of sp³-hybridized carbons (Fsp3) is 0.125. The van der Waals surface area contributed by atoms with Crippen LogP contribution >= 0.6 is 15.9 Å². The largest absolute Gasteiger partial charge is 0.297 e. The first-order valence-electron chi connectivity index (χ1n) is 15.1. The molecule has 0 N–H and O–H groups in total. The lowest BCUT2D eigenvalue weighted by Gasteiger charge is -2.39. The zero-order chi connectivity index (χ0) is 30.9. The van der Waals surface area contributed by atoms with E-state index in [1.807, 2.05) is 146 Å². The number of amides is 2. The van der Waals surface area contributed by atoms with Crippen LogP contribution in [0.1, 0.15) is 27.8 Å². The SMILES string of the molecule is Cc1ccc(N2C(=O)[C@H]3[C@H](C2=O)[C@@]2(c4ccccc4)C(=O)[C@@]3(c3ccccc3)C(c3ccccc3)=C2c2ccccc2)cc1Br. The Labute approximate surface area is 270 Å². The van der Waals surface area contributed by atoms with E-state index in [4.69, 9.17) is 0 Å². The molecule has 2 bridgehead atoms. The molecule has 0 spiro atoms. The Morgan fingerprint density at radius 1 is 0.556 bits per heavy atom. The molecular formula is C40H28BrNO3. The molecule has 4 atom stereocenters. The Balaban J connectivity index is 1.55. The molecule has 2 aliphatic carbocycles. The number of aryl methyl sites for hydroxylation is 1. The zero-order valence-electron chi connectivity index (χ0n) is 24.5. The number of benzene rings is 5. The minimum Gasteiger partial charge on any atom is -0.297 e. The molecule has 1 saturated carbocycles. The summed E-state index contributed by atoms with van der Waals surface area (Å²) in [6.45, 7) is 1.96. The van der Waals surface area contributed by atoms with Crippen molar-refractivity contribution in [3.63, 3.8) is 0 Å². The fourth-order valence-electron chi connectivity index (χ4n) is 8.31. The van der Waals surface area contributed by atoms with E-state index in [9.17, 15) is 0 Å². The second-order valence-corrected chi connectivity index (χ2v) is 12.9. The van der Waals surface area contributed by atoms with E-state index >= 15 is 14.4 Å². The number of carbonyl (C=O) groups is 3. The van der Waals surface area contributed by atoms with Crippen molar-refractivity contribution in [2.45, 2.75) is 17.8 Å². The van der Waals surface area contributed by atoms with Crippen LogP contribution in [0.3, 0.4) is 0 Å². The zero-order valence-corrected chi connectivity index (χ0v) is 26.1. The van der Waals surface area contributed by atoms with Gasteiger partial charge in [0.1, 0.15) is 0 Å². The molecule has 2 fully saturated rings. The number of halogens is 1. The number of ketones is 1. The van der Waals surface area contributed by atoms with Gasteiger partial charge in [-0.1, -0.05) is 143 Å². The summed E-state index contributed by atoms with van der Waals surface area (Å²) in [5, 5.41) is 0. The summed E-state index contributed by atoms with van der Waals surface area (Å²) in [6.07, 6.45) is 0. The molecule has 4 nitrogen and oxygen atoms in total.